The van der Waals surface area contributed by atoms with Gasteiger partial charge in [-0.2, -0.15) is 0 Å². The molecule has 20 heavy (non-hydrogen) atoms. The minimum atomic E-state index is 0. The number of carbonyl (C=O) groups excluding carboxylic acids is 1. The molecule has 0 aromatic rings. The highest BCUT2D eigenvalue weighted by molar-refractivity contribution is 5.85. The normalized spacial score (nSPS) is 28.6. The van der Waals surface area contributed by atoms with Crippen LogP contribution in [0.4, 0.5) is 0 Å². The summed E-state index contributed by atoms with van der Waals surface area (Å²) in [5.74, 6) is 1.11. The van der Waals surface area contributed by atoms with Crippen LogP contribution < -0.4 is 5.32 Å². The minimum absolute atomic E-state index is 0. The van der Waals surface area contributed by atoms with Gasteiger partial charge in [0.05, 0.1) is 0 Å². The van der Waals surface area contributed by atoms with E-state index < -0.39 is 0 Å². The highest BCUT2D eigenvalue weighted by Crippen LogP contribution is 2.39. The van der Waals surface area contributed by atoms with Crippen LogP contribution in [0.5, 0.6) is 0 Å². The molecule has 4 nitrogen and oxygen atoms in total. The molecule has 0 aromatic heterocycles. The molecule has 1 atom stereocenters. The Bertz CT molecular complexity index is 326. The number of amides is 1. The van der Waals surface area contributed by atoms with Crippen molar-refractivity contribution in [1.82, 2.24) is 10.2 Å². The van der Waals surface area contributed by atoms with Crippen LogP contribution >= 0.6 is 12.4 Å². The number of hydrogen-bond acceptors (Lipinski definition) is 3. The van der Waals surface area contributed by atoms with E-state index in [-0.39, 0.29) is 12.4 Å². The van der Waals surface area contributed by atoms with E-state index in [0.717, 1.165) is 71.0 Å². The maximum Gasteiger partial charge on any atom is 0.222 e. The highest BCUT2D eigenvalue weighted by Gasteiger charge is 2.40. The van der Waals surface area contributed by atoms with Gasteiger partial charge in [0.15, 0.2) is 0 Å². The molecule has 0 bridgehead atoms. The highest BCUT2D eigenvalue weighted by atomic mass is 35.5. The van der Waals surface area contributed by atoms with Crippen LogP contribution in [0.3, 0.4) is 0 Å². The molecule has 3 aliphatic heterocycles. The van der Waals surface area contributed by atoms with E-state index in [1.54, 1.807) is 0 Å². The Kier molecular flexibility index (Phi) is 5.70. The van der Waals surface area contributed by atoms with Crippen LogP contribution in [0, 0.1) is 11.3 Å². The van der Waals surface area contributed by atoms with Gasteiger partial charge in [0, 0.05) is 32.7 Å². The summed E-state index contributed by atoms with van der Waals surface area (Å²) in [6.45, 7) is 5.96. The maximum atomic E-state index is 12.3. The third-order valence-electron chi connectivity index (χ3n) is 5.27. The van der Waals surface area contributed by atoms with Crippen molar-refractivity contribution in [2.45, 2.75) is 38.5 Å². The molecule has 0 aliphatic carbocycles. The molecule has 3 saturated heterocycles. The van der Waals surface area contributed by atoms with E-state index >= 15 is 0 Å². The van der Waals surface area contributed by atoms with Gasteiger partial charge in [0.2, 0.25) is 5.91 Å². The predicted octanol–water partition coefficient (Wildman–Crippen LogP) is 1.83. The second kappa shape index (κ2) is 7.10. The lowest BCUT2D eigenvalue weighted by molar-refractivity contribution is -0.131. The first-order valence-electron chi connectivity index (χ1n) is 7.84. The molecular weight excluding hydrogens is 276 g/mol. The number of carbonyl (C=O) groups is 1. The molecule has 3 rings (SSSR count). The van der Waals surface area contributed by atoms with E-state index in [1.165, 1.54) is 12.8 Å². The molecule has 3 aliphatic rings. The quantitative estimate of drug-likeness (QED) is 0.865. The summed E-state index contributed by atoms with van der Waals surface area (Å²) >= 11 is 0. The largest absolute Gasteiger partial charge is 0.381 e. The Morgan fingerprint density at radius 2 is 2.10 bits per heavy atom. The van der Waals surface area contributed by atoms with E-state index in [9.17, 15) is 4.79 Å². The van der Waals surface area contributed by atoms with Crippen LogP contribution in [0.15, 0.2) is 0 Å². The van der Waals surface area contributed by atoms with Gasteiger partial charge in [0.1, 0.15) is 0 Å². The van der Waals surface area contributed by atoms with Gasteiger partial charge in [-0.05, 0) is 56.5 Å². The number of halogens is 1. The number of nitrogens with zero attached hydrogens (tertiary/aromatic N) is 1. The van der Waals surface area contributed by atoms with Gasteiger partial charge in [-0.25, -0.2) is 0 Å². The van der Waals surface area contributed by atoms with E-state index in [1.807, 2.05) is 0 Å². The lowest BCUT2D eigenvalue weighted by Gasteiger charge is -2.33. The van der Waals surface area contributed by atoms with E-state index in [0.29, 0.717) is 11.3 Å². The van der Waals surface area contributed by atoms with Gasteiger partial charge in [-0.3, -0.25) is 4.79 Å². The van der Waals surface area contributed by atoms with Crippen molar-refractivity contribution in [2.24, 2.45) is 11.3 Å². The average Bonchev–Trinajstić information content (AvgIpc) is 3.07. The van der Waals surface area contributed by atoms with Crippen molar-refractivity contribution in [3.8, 4) is 0 Å². The summed E-state index contributed by atoms with van der Waals surface area (Å²) in [6, 6.07) is 0. The van der Waals surface area contributed by atoms with Crippen molar-refractivity contribution < 1.29 is 9.53 Å². The van der Waals surface area contributed by atoms with Gasteiger partial charge in [0.25, 0.3) is 0 Å². The lowest BCUT2D eigenvalue weighted by Crippen LogP contribution is -2.35. The fourth-order valence-electron chi connectivity index (χ4n) is 3.81. The number of ether oxygens (including phenoxy) is 1. The molecule has 1 unspecified atom stereocenters. The van der Waals surface area contributed by atoms with Crippen LogP contribution in [0.1, 0.15) is 38.5 Å². The van der Waals surface area contributed by atoms with E-state index in [4.69, 9.17) is 4.74 Å². The summed E-state index contributed by atoms with van der Waals surface area (Å²) < 4.78 is 5.46. The average molecular weight is 303 g/mol. The predicted molar refractivity (Wildman–Crippen MR) is 81.1 cm³/mol. The Labute approximate surface area is 128 Å². The fraction of sp³-hybridized carbons (Fsp3) is 0.933. The van der Waals surface area contributed by atoms with Crippen molar-refractivity contribution in [3.63, 3.8) is 0 Å². The van der Waals surface area contributed by atoms with Crippen molar-refractivity contribution >= 4 is 18.3 Å². The minimum Gasteiger partial charge on any atom is -0.381 e. The lowest BCUT2D eigenvalue weighted by atomic mass is 9.80. The third kappa shape index (κ3) is 3.66. The van der Waals surface area contributed by atoms with Crippen molar-refractivity contribution in [1.29, 1.82) is 0 Å². The summed E-state index contributed by atoms with van der Waals surface area (Å²) in [7, 11) is 0. The molecule has 1 amide bonds. The second-order valence-corrected chi connectivity index (χ2v) is 6.58. The second-order valence-electron chi connectivity index (χ2n) is 6.58. The van der Waals surface area contributed by atoms with Gasteiger partial charge in [-0.15, -0.1) is 12.4 Å². The summed E-state index contributed by atoms with van der Waals surface area (Å²) in [4.78, 5) is 14.4. The van der Waals surface area contributed by atoms with Crippen molar-refractivity contribution in [3.05, 3.63) is 0 Å². The molecule has 3 heterocycles. The summed E-state index contributed by atoms with van der Waals surface area (Å²) in [6.07, 6.45) is 6.53. The monoisotopic (exact) mass is 302 g/mol. The Morgan fingerprint density at radius 3 is 2.80 bits per heavy atom. The van der Waals surface area contributed by atoms with Crippen molar-refractivity contribution in [2.75, 3.05) is 39.4 Å². The first-order valence-corrected chi connectivity index (χ1v) is 7.84. The first-order chi connectivity index (χ1) is 9.27. The smallest absolute Gasteiger partial charge is 0.222 e. The van der Waals surface area contributed by atoms with Gasteiger partial charge >= 0.3 is 0 Å². The SMILES string of the molecule is Cl.O=C(CCC1CCNC1)N1CCC2(CCOCC2)C1. The first kappa shape index (κ1) is 16.1. The number of nitrogens with one attached hydrogen (secondary N) is 1. The fourth-order valence-corrected chi connectivity index (χ4v) is 3.81. The number of rotatable bonds is 3. The molecule has 0 saturated carbocycles. The van der Waals surface area contributed by atoms with Gasteiger partial charge in [-0.1, -0.05) is 0 Å². The molecular formula is C15H27ClN2O2. The summed E-state index contributed by atoms with van der Waals surface area (Å²) in [5.41, 5.74) is 0.392. The molecule has 116 valence electrons. The third-order valence-corrected chi connectivity index (χ3v) is 5.27. The van der Waals surface area contributed by atoms with Crippen LogP contribution in [0.25, 0.3) is 0 Å². The summed E-state index contributed by atoms with van der Waals surface area (Å²) in [5, 5.41) is 3.37. The van der Waals surface area contributed by atoms with Gasteiger partial charge < -0.3 is 15.0 Å². The molecule has 3 fully saturated rings. The van der Waals surface area contributed by atoms with E-state index in [2.05, 4.69) is 10.2 Å². The number of hydrogen-bond donors (Lipinski definition) is 1. The molecule has 0 radical (unpaired) electrons. The molecule has 1 N–H and O–H groups in total. The zero-order valence-electron chi connectivity index (χ0n) is 12.2. The topological polar surface area (TPSA) is 41.6 Å². The zero-order chi connectivity index (χ0) is 13.1. The molecule has 0 aromatic carbocycles. The zero-order valence-corrected chi connectivity index (χ0v) is 13.1. The molecule has 5 heteroatoms. The Balaban J connectivity index is 0.00000147. The Hall–Kier alpha value is -0.320. The van der Waals surface area contributed by atoms with Crippen LogP contribution in [-0.2, 0) is 9.53 Å². The Morgan fingerprint density at radius 1 is 1.30 bits per heavy atom. The van der Waals surface area contributed by atoms with Crippen LogP contribution in [-0.4, -0.2) is 50.2 Å². The molecule has 1 spiro atoms. The number of likely N-dealkylation sites (tertiary alicyclic amines) is 1. The maximum absolute atomic E-state index is 12.3. The standard InChI is InChI=1S/C15H26N2O2.ClH/c18-14(2-1-13-3-7-16-11-13)17-8-4-15(12-17)5-9-19-10-6-15;/h13,16H,1-12H2;1H. The van der Waals surface area contributed by atoms with Crippen LogP contribution in [0.2, 0.25) is 0 Å².